The van der Waals surface area contributed by atoms with E-state index in [0.29, 0.717) is 12.2 Å². The van der Waals surface area contributed by atoms with E-state index in [0.717, 1.165) is 42.6 Å². The number of hydrogen-bond donors (Lipinski definition) is 2. The Hall–Kier alpha value is -3.31. The smallest absolute Gasteiger partial charge is 0.232 e. The lowest BCUT2D eigenvalue weighted by Crippen LogP contribution is -2.47. The van der Waals surface area contributed by atoms with Gasteiger partial charge in [0.05, 0.1) is 5.41 Å². The Morgan fingerprint density at radius 1 is 1.00 bits per heavy atom. The molecule has 1 fully saturated rings. The van der Waals surface area contributed by atoms with Crippen molar-refractivity contribution in [1.29, 1.82) is 0 Å². The van der Waals surface area contributed by atoms with E-state index in [9.17, 15) is 9.90 Å². The molecule has 0 radical (unpaired) electrons. The van der Waals surface area contributed by atoms with Crippen LogP contribution in [0.15, 0.2) is 78.9 Å². The van der Waals surface area contributed by atoms with Crippen LogP contribution in [0.1, 0.15) is 49.8 Å². The van der Waals surface area contributed by atoms with Crippen molar-refractivity contribution in [2.45, 2.75) is 57.1 Å². The molecule has 0 aliphatic carbocycles. The second kappa shape index (κ2) is 10.1. The van der Waals surface area contributed by atoms with Crippen LogP contribution >= 0.6 is 0 Å². The van der Waals surface area contributed by atoms with Crippen LogP contribution in [0.4, 0.5) is 0 Å². The summed E-state index contributed by atoms with van der Waals surface area (Å²) >= 11 is 0. The van der Waals surface area contributed by atoms with Crippen LogP contribution in [0, 0.1) is 6.92 Å². The molecule has 1 amide bonds. The SMILES string of the molecule is Cc1cc(O)cc(OC2CCN(C(C)(C)CCC(C(N)=O)(c3ccccc3)c3ccccc3)C2)c1. The number of primary amides is 1. The van der Waals surface area contributed by atoms with Crippen molar-refractivity contribution in [1.82, 2.24) is 4.90 Å². The Morgan fingerprint density at radius 2 is 1.60 bits per heavy atom. The Morgan fingerprint density at radius 3 is 2.14 bits per heavy atom. The third-order valence-electron chi connectivity index (χ3n) is 7.41. The van der Waals surface area contributed by atoms with Crippen LogP contribution in [0.25, 0.3) is 0 Å². The van der Waals surface area contributed by atoms with Gasteiger partial charge < -0.3 is 15.6 Å². The summed E-state index contributed by atoms with van der Waals surface area (Å²) in [7, 11) is 0. The van der Waals surface area contributed by atoms with E-state index < -0.39 is 5.41 Å². The second-order valence-corrected chi connectivity index (χ2v) is 10.3. The normalized spacial score (nSPS) is 16.8. The summed E-state index contributed by atoms with van der Waals surface area (Å²) in [6, 6.07) is 25.1. The number of carbonyl (C=O) groups excluding carboxylic acids is 1. The number of rotatable bonds is 9. The first-order valence-electron chi connectivity index (χ1n) is 12.3. The molecule has 0 aromatic heterocycles. The molecule has 1 unspecified atom stereocenters. The average Bonchev–Trinajstić information content (AvgIpc) is 3.29. The molecule has 1 saturated heterocycles. The van der Waals surface area contributed by atoms with Gasteiger partial charge in [0.15, 0.2) is 0 Å². The lowest BCUT2D eigenvalue weighted by molar-refractivity contribution is -0.122. The van der Waals surface area contributed by atoms with Gasteiger partial charge in [0.25, 0.3) is 0 Å². The van der Waals surface area contributed by atoms with Crippen molar-refractivity contribution >= 4 is 5.91 Å². The number of aryl methyl sites for hydroxylation is 1. The predicted octanol–water partition coefficient (Wildman–Crippen LogP) is 5.18. The van der Waals surface area contributed by atoms with Gasteiger partial charge in [-0.25, -0.2) is 0 Å². The van der Waals surface area contributed by atoms with Gasteiger partial charge in [-0.2, -0.15) is 0 Å². The number of likely N-dealkylation sites (tertiary alicyclic amines) is 1. The van der Waals surface area contributed by atoms with Crippen LogP contribution in [0.2, 0.25) is 0 Å². The van der Waals surface area contributed by atoms with Crippen molar-refractivity contribution in [3.8, 4) is 11.5 Å². The highest BCUT2D eigenvalue weighted by molar-refractivity contribution is 5.90. The fourth-order valence-electron chi connectivity index (χ4n) is 5.32. The van der Waals surface area contributed by atoms with E-state index in [2.05, 4.69) is 18.7 Å². The molecule has 0 spiro atoms. The number of nitrogens with two attached hydrogens (primary N) is 1. The molecule has 5 nitrogen and oxygen atoms in total. The first-order chi connectivity index (χ1) is 16.7. The molecular weight excluding hydrogens is 436 g/mol. The second-order valence-electron chi connectivity index (χ2n) is 10.3. The minimum atomic E-state index is -0.894. The first-order valence-corrected chi connectivity index (χ1v) is 12.3. The Bertz CT molecular complexity index is 1090. The number of benzene rings is 3. The first kappa shape index (κ1) is 24.8. The average molecular weight is 473 g/mol. The van der Waals surface area contributed by atoms with E-state index >= 15 is 0 Å². The molecule has 1 heterocycles. The fraction of sp³-hybridized carbons (Fsp3) is 0.367. The third kappa shape index (κ3) is 5.35. The molecule has 1 aliphatic heterocycles. The zero-order valence-corrected chi connectivity index (χ0v) is 20.9. The Balaban J connectivity index is 1.52. The van der Waals surface area contributed by atoms with Gasteiger partial charge in [0, 0.05) is 24.7 Å². The lowest BCUT2D eigenvalue weighted by atomic mass is 9.69. The maximum Gasteiger partial charge on any atom is 0.232 e. The number of aromatic hydroxyl groups is 1. The molecular formula is C30H36N2O3. The number of hydrogen-bond acceptors (Lipinski definition) is 4. The largest absolute Gasteiger partial charge is 0.508 e. The van der Waals surface area contributed by atoms with Crippen LogP contribution in [-0.4, -0.2) is 40.6 Å². The quantitative estimate of drug-likeness (QED) is 0.450. The van der Waals surface area contributed by atoms with Crippen molar-refractivity contribution in [3.63, 3.8) is 0 Å². The number of carbonyl (C=O) groups is 1. The third-order valence-corrected chi connectivity index (χ3v) is 7.41. The maximum absolute atomic E-state index is 13.1. The van der Waals surface area contributed by atoms with Gasteiger partial charge in [0.1, 0.15) is 17.6 Å². The molecule has 0 saturated carbocycles. The van der Waals surface area contributed by atoms with Crippen LogP contribution in [0.3, 0.4) is 0 Å². The van der Waals surface area contributed by atoms with Crippen molar-refractivity contribution in [2.75, 3.05) is 13.1 Å². The number of amides is 1. The van der Waals surface area contributed by atoms with Crippen molar-refractivity contribution < 1.29 is 14.6 Å². The topological polar surface area (TPSA) is 75.8 Å². The van der Waals surface area contributed by atoms with E-state index in [-0.39, 0.29) is 23.3 Å². The van der Waals surface area contributed by atoms with Crippen LogP contribution in [0.5, 0.6) is 11.5 Å². The summed E-state index contributed by atoms with van der Waals surface area (Å²) in [6.45, 7) is 8.12. The van der Waals surface area contributed by atoms with Crippen molar-refractivity contribution in [3.05, 3.63) is 95.6 Å². The fourth-order valence-corrected chi connectivity index (χ4v) is 5.32. The standard InChI is InChI=1S/C30H36N2O3/c1-22-18-25(33)20-27(19-22)35-26-14-17-32(21-26)29(2,3)15-16-30(28(31)34,23-10-6-4-7-11-23)24-12-8-5-9-13-24/h4-13,18-20,26,33H,14-17,21H2,1-3H3,(H2,31,34). The maximum atomic E-state index is 13.1. The zero-order chi connectivity index (χ0) is 25.1. The number of ether oxygens (including phenoxy) is 1. The van der Waals surface area contributed by atoms with Gasteiger partial charge >= 0.3 is 0 Å². The number of nitrogens with zero attached hydrogens (tertiary/aromatic N) is 1. The number of phenols is 1. The van der Waals surface area contributed by atoms with E-state index in [1.54, 1.807) is 12.1 Å². The van der Waals surface area contributed by atoms with Crippen molar-refractivity contribution in [2.24, 2.45) is 5.73 Å². The minimum Gasteiger partial charge on any atom is -0.508 e. The molecule has 184 valence electrons. The molecule has 0 bridgehead atoms. The van der Waals surface area contributed by atoms with Gasteiger partial charge in [-0.05, 0) is 68.9 Å². The summed E-state index contributed by atoms with van der Waals surface area (Å²) in [5.74, 6) is 0.598. The summed E-state index contributed by atoms with van der Waals surface area (Å²) in [5.41, 5.74) is 7.93. The van der Waals surface area contributed by atoms with Gasteiger partial charge in [-0.15, -0.1) is 0 Å². The molecule has 35 heavy (non-hydrogen) atoms. The summed E-state index contributed by atoms with van der Waals surface area (Å²) < 4.78 is 6.21. The molecule has 1 atom stereocenters. The van der Waals surface area contributed by atoms with Crippen LogP contribution in [-0.2, 0) is 10.2 Å². The zero-order valence-electron chi connectivity index (χ0n) is 20.9. The lowest BCUT2D eigenvalue weighted by Gasteiger charge is -2.40. The monoisotopic (exact) mass is 472 g/mol. The highest BCUT2D eigenvalue weighted by Gasteiger charge is 2.43. The molecule has 3 aromatic rings. The van der Waals surface area contributed by atoms with Gasteiger partial charge in [-0.1, -0.05) is 60.7 Å². The molecule has 5 heteroatoms. The number of phenolic OH excluding ortho intramolecular Hbond substituents is 1. The summed E-state index contributed by atoms with van der Waals surface area (Å²) in [6.07, 6.45) is 2.37. The summed E-state index contributed by atoms with van der Waals surface area (Å²) in [4.78, 5) is 15.6. The van der Waals surface area contributed by atoms with E-state index in [1.165, 1.54) is 0 Å². The molecule has 1 aliphatic rings. The Labute approximate surface area is 208 Å². The molecule has 3 aromatic carbocycles. The molecule has 3 N–H and O–H groups in total. The highest BCUT2D eigenvalue weighted by Crippen LogP contribution is 2.40. The van der Waals surface area contributed by atoms with Gasteiger partial charge in [0.2, 0.25) is 5.91 Å². The van der Waals surface area contributed by atoms with Crippen LogP contribution < -0.4 is 10.5 Å². The Kier molecular flexibility index (Phi) is 7.18. The summed E-state index contributed by atoms with van der Waals surface area (Å²) in [5, 5.41) is 9.90. The minimum absolute atomic E-state index is 0.0552. The van der Waals surface area contributed by atoms with Gasteiger partial charge in [-0.3, -0.25) is 9.69 Å². The van der Waals surface area contributed by atoms with E-state index in [4.69, 9.17) is 10.5 Å². The molecule has 4 rings (SSSR count). The highest BCUT2D eigenvalue weighted by atomic mass is 16.5. The predicted molar refractivity (Wildman–Crippen MR) is 140 cm³/mol. The van der Waals surface area contributed by atoms with E-state index in [1.807, 2.05) is 73.7 Å².